The molecule has 0 saturated carbocycles. The lowest BCUT2D eigenvalue weighted by Gasteiger charge is -2.39. The zero-order valence-electron chi connectivity index (χ0n) is 17.1. The quantitative estimate of drug-likeness (QED) is 0.603. The fourth-order valence-corrected chi connectivity index (χ4v) is 3.84. The van der Waals surface area contributed by atoms with Gasteiger partial charge in [-0.05, 0) is 33.8 Å². The number of esters is 3. The van der Waals surface area contributed by atoms with Crippen molar-refractivity contribution in [3.63, 3.8) is 0 Å². The molecule has 0 amide bonds. The number of ether oxygens (including phenoxy) is 3. The molecule has 2 aliphatic rings. The summed E-state index contributed by atoms with van der Waals surface area (Å²) in [5.41, 5.74) is 5.20. The Hall–Kier alpha value is -3.29. The molecule has 1 atom stereocenters. The molecule has 1 aromatic carbocycles. The Morgan fingerprint density at radius 2 is 1.86 bits per heavy atom. The number of rotatable bonds is 4. The highest BCUT2D eigenvalue weighted by Gasteiger charge is 2.63. The first-order valence-corrected chi connectivity index (χ1v) is 9.33. The summed E-state index contributed by atoms with van der Waals surface area (Å²) in [6.45, 7) is 6.59. The van der Waals surface area contributed by atoms with Crippen LogP contribution in [0.15, 0.2) is 47.0 Å². The van der Waals surface area contributed by atoms with Crippen molar-refractivity contribution >= 4 is 23.6 Å². The smallest absolute Gasteiger partial charge is 0.339 e. The van der Waals surface area contributed by atoms with Gasteiger partial charge in [-0.2, -0.15) is 0 Å². The molecule has 2 aliphatic heterocycles. The van der Waals surface area contributed by atoms with Crippen LogP contribution in [0.4, 0.5) is 5.69 Å². The largest absolute Gasteiger partial charge is 0.462 e. The van der Waals surface area contributed by atoms with E-state index in [4.69, 9.17) is 19.9 Å². The molecule has 0 bridgehead atoms. The van der Waals surface area contributed by atoms with Crippen molar-refractivity contribution in [1.29, 1.82) is 0 Å². The summed E-state index contributed by atoms with van der Waals surface area (Å²) in [6.07, 6.45) is -0.440. The van der Waals surface area contributed by atoms with Crippen molar-refractivity contribution in [3.05, 3.63) is 52.6 Å². The summed E-state index contributed by atoms with van der Waals surface area (Å²) in [5, 5.41) is 0. The fourth-order valence-electron chi connectivity index (χ4n) is 3.84. The second kappa shape index (κ2) is 7.27. The van der Waals surface area contributed by atoms with Crippen LogP contribution in [0.3, 0.4) is 0 Å². The number of hydrogen-bond donors (Lipinski definition) is 1. The molecule has 0 aromatic heterocycles. The van der Waals surface area contributed by atoms with Crippen molar-refractivity contribution in [2.24, 2.45) is 5.73 Å². The molecule has 0 fully saturated rings. The van der Waals surface area contributed by atoms with Crippen molar-refractivity contribution in [2.45, 2.75) is 39.2 Å². The van der Waals surface area contributed by atoms with Gasteiger partial charge in [0.1, 0.15) is 22.7 Å². The second-order valence-electron chi connectivity index (χ2n) is 7.08. The SMILES string of the molecule is CCOC(=O)C1=C(N)N(C)c2ccccc2C12C(=O)OC(C)=C2C(=O)OC(C)C. The molecular formula is C21H24N2O6. The van der Waals surface area contributed by atoms with Gasteiger partial charge in [-0.25, -0.2) is 14.4 Å². The first kappa shape index (κ1) is 20.4. The Balaban J connectivity index is 2.40. The molecule has 2 N–H and O–H groups in total. The highest BCUT2D eigenvalue weighted by molar-refractivity contribution is 6.16. The molecule has 1 spiro atoms. The molecule has 0 radical (unpaired) electrons. The molecule has 0 aliphatic carbocycles. The lowest BCUT2D eigenvalue weighted by atomic mass is 9.66. The van der Waals surface area contributed by atoms with Crippen LogP contribution in [0.2, 0.25) is 0 Å². The molecule has 8 nitrogen and oxygen atoms in total. The third kappa shape index (κ3) is 2.86. The van der Waals surface area contributed by atoms with E-state index < -0.39 is 29.4 Å². The number of allylic oxidation sites excluding steroid dienone is 1. The number of carbonyl (C=O) groups excluding carboxylic acids is 3. The number of nitrogens with zero attached hydrogens (tertiary/aromatic N) is 1. The van der Waals surface area contributed by atoms with Gasteiger partial charge in [0.2, 0.25) is 0 Å². The van der Waals surface area contributed by atoms with E-state index in [2.05, 4.69) is 0 Å². The van der Waals surface area contributed by atoms with Gasteiger partial charge in [-0.1, -0.05) is 18.2 Å². The minimum atomic E-state index is -1.87. The molecule has 29 heavy (non-hydrogen) atoms. The second-order valence-corrected chi connectivity index (χ2v) is 7.08. The van der Waals surface area contributed by atoms with Gasteiger partial charge in [0.15, 0.2) is 5.41 Å². The highest BCUT2D eigenvalue weighted by Crippen LogP contribution is 2.53. The third-order valence-electron chi connectivity index (χ3n) is 4.97. The maximum atomic E-state index is 13.3. The Bertz CT molecular complexity index is 962. The number of para-hydroxylation sites is 1. The predicted octanol–water partition coefficient (Wildman–Crippen LogP) is 1.89. The Kier molecular flexibility index (Phi) is 5.13. The van der Waals surface area contributed by atoms with Crippen molar-refractivity contribution < 1.29 is 28.6 Å². The molecule has 8 heteroatoms. The Morgan fingerprint density at radius 1 is 1.21 bits per heavy atom. The first-order valence-electron chi connectivity index (χ1n) is 9.33. The molecule has 2 heterocycles. The van der Waals surface area contributed by atoms with Crippen LogP contribution in [0.1, 0.15) is 33.3 Å². The number of cyclic esters (lactones) is 1. The predicted molar refractivity (Wildman–Crippen MR) is 104 cm³/mol. The monoisotopic (exact) mass is 400 g/mol. The van der Waals surface area contributed by atoms with E-state index in [1.54, 1.807) is 57.0 Å². The topological polar surface area (TPSA) is 108 Å². The van der Waals surface area contributed by atoms with Gasteiger partial charge >= 0.3 is 17.9 Å². The highest BCUT2D eigenvalue weighted by atomic mass is 16.6. The minimum Gasteiger partial charge on any atom is -0.462 e. The van der Waals surface area contributed by atoms with E-state index in [0.717, 1.165) is 0 Å². The van der Waals surface area contributed by atoms with E-state index in [1.807, 2.05) is 0 Å². The van der Waals surface area contributed by atoms with Crippen LogP contribution < -0.4 is 10.6 Å². The van der Waals surface area contributed by atoms with E-state index in [9.17, 15) is 14.4 Å². The molecule has 154 valence electrons. The van der Waals surface area contributed by atoms with E-state index in [1.165, 1.54) is 6.92 Å². The van der Waals surface area contributed by atoms with Gasteiger partial charge in [0.05, 0.1) is 12.7 Å². The van der Waals surface area contributed by atoms with Crippen LogP contribution in [-0.4, -0.2) is 37.7 Å². The van der Waals surface area contributed by atoms with Crippen molar-refractivity contribution in [1.82, 2.24) is 0 Å². The number of carbonyl (C=O) groups is 3. The Labute approximate surface area is 168 Å². The van der Waals surface area contributed by atoms with Gasteiger partial charge in [0, 0.05) is 18.3 Å². The van der Waals surface area contributed by atoms with Crippen LogP contribution >= 0.6 is 0 Å². The molecule has 3 rings (SSSR count). The summed E-state index contributed by atoms with van der Waals surface area (Å²) in [4.78, 5) is 41.0. The van der Waals surface area contributed by atoms with Gasteiger partial charge in [-0.15, -0.1) is 0 Å². The molecule has 1 aromatic rings. The zero-order chi connectivity index (χ0) is 21.5. The number of anilines is 1. The summed E-state index contributed by atoms with van der Waals surface area (Å²) in [5.74, 6) is -2.28. The first-order chi connectivity index (χ1) is 13.7. The zero-order valence-corrected chi connectivity index (χ0v) is 17.1. The van der Waals surface area contributed by atoms with Gasteiger partial charge in [0.25, 0.3) is 0 Å². The molecule has 1 unspecified atom stereocenters. The lowest BCUT2D eigenvalue weighted by molar-refractivity contribution is -0.148. The van der Waals surface area contributed by atoms with E-state index in [-0.39, 0.29) is 29.3 Å². The van der Waals surface area contributed by atoms with Crippen molar-refractivity contribution in [3.8, 4) is 0 Å². The van der Waals surface area contributed by atoms with Crippen LogP contribution in [0.5, 0.6) is 0 Å². The maximum absolute atomic E-state index is 13.3. The summed E-state index contributed by atoms with van der Waals surface area (Å²) < 4.78 is 16.0. The van der Waals surface area contributed by atoms with Gasteiger partial charge < -0.3 is 24.8 Å². The number of benzene rings is 1. The molecular weight excluding hydrogens is 376 g/mol. The Morgan fingerprint density at radius 3 is 2.48 bits per heavy atom. The number of nitrogens with two attached hydrogens (primary N) is 1. The maximum Gasteiger partial charge on any atom is 0.339 e. The number of hydrogen-bond acceptors (Lipinski definition) is 8. The standard InChI is InChI=1S/C21H24N2O6/c1-6-27-18(24)16-17(22)23(5)14-10-8-7-9-13(14)21(16)15(12(4)29-20(21)26)19(25)28-11(2)3/h7-11H,6,22H2,1-5H3. The number of fused-ring (bicyclic) bond motifs is 2. The van der Waals surface area contributed by atoms with Crippen LogP contribution in [0, 0.1) is 0 Å². The average molecular weight is 400 g/mol. The van der Waals surface area contributed by atoms with Crippen LogP contribution in [-0.2, 0) is 34.0 Å². The third-order valence-corrected chi connectivity index (χ3v) is 4.97. The van der Waals surface area contributed by atoms with E-state index >= 15 is 0 Å². The lowest BCUT2D eigenvalue weighted by Crippen LogP contribution is -2.50. The fraction of sp³-hybridized carbons (Fsp3) is 0.381. The molecule has 0 saturated heterocycles. The normalized spacial score (nSPS) is 20.9. The summed E-state index contributed by atoms with van der Waals surface area (Å²) in [6, 6.07) is 6.90. The average Bonchev–Trinajstić information content (AvgIpc) is 2.90. The van der Waals surface area contributed by atoms with E-state index in [0.29, 0.717) is 11.3 Å². The summed E-state index contributed by atoms with van der Waals surface area (Å²) in [7, 11) is 1.67. The van der Waals surface area contributed by atoms with Crippen molar-refractivity contribution in [2.75, 3.05) is 18.6 Å². The van der Waals surface area contributed by atoms with Crippen LogP contribution in [0.25, 0.3) is 0 Å². The minimum absolute atomic E-state index is 0.00338. The summed E-state index contributed by atoms with van der Waals surface area (Å²) >= 11 is 0. The van der Waals surface area contributed by atoms with Gasteiger partial charge in [-0.3, -0.25) is 0 Å².